The summed E-state index contributed by atoms with van der Waals surface area (Å²) < 4.78 is 5.12. The number of benzene rings is 1. The average Bonchev–Trinajstić information content (AvgIpc) is 2.45. The predicted octanol–water partition coefficient (Wildman–Crippen LogP) is 3.87. The van der Waals surface area contributed by atoms with Crippen LogP contribution in [0.4, 0.5) is 0 Å². The van der Waals surface area contributed by atoms with Crippen LogP contribution in [0.1, 0.15) is 39.7 Å². The standard InChI is InChI=1S/C17H27NO2S/c1-5-16(17(19)20-6-2)21-15-9-7-8-14(10-15)12-18-11-13(3)4/h7-10,13,16,18H,5-6,11-12H2,1-4H3. The van der Waals surface area contributed by atoms with Gasteiger partial charge >= 0.3 is 5.97 Å². The summed E-state index contributed by atoms with van der Waals surface area (Å²) in [6.45, 7) is 10.6. The molecule has 0 aliphatic rings. The molecule has 3 nitrogen and oxygen atoms in total. The van der Waals surface area contributed by atoms with Gasteiger partial charge in [0.1, 0.15) is 5.25 Å². The zero-order chi connectivity index (χ0) is 15.7. The molecule has 0 aliphatic heterocycles. The molecule has 1 atom stereocenters. The number of thioether (sulfide) groups is 1. The van der Waals surface area contributed by atoms with Crippen LogP contribution in [0.15, 0.2) is 29.2 Å². The maximum atomic E-state index is 11.9. The van der Waals surface area contributed by atoms with Crippen LogP contribution in [0.3, 0.4) is 0 Å². The number of carbonyl (C=O) groups excluding carboxylic acids is 1. The lowest BCUT2D eigenvalue weighted by molar-refractivity contribution is -0.142. The fraction of sp³-hybridized carbons (Fsp3) is 0.588. The summed E-state index contributed by atoms with van der Waals surface area (Å²) in [7, 11) is 0. The van der Waals surface area contributed by atoms with Gasteiger partial charge in [0.2, 0.25) is 0 Å². The van der Waals surface area contributed by atoms with E-state index in [2.05, 4.69) is 37.4 Å². The molecule has 0 aromatic heterocycles. The molecule has 0 amide bonds. The summed E-state index contributed by atoms with van der Waals surface area (Å²) in [5.74, 6) is 0.532. The van der Waals surface area contributed by atoms with E-state index in [-0.39, 0.29) is 11.2 Å². The van der Waals surface area contributed by atoms with Crippen molar-refractivity contribution in [3.63, 3.8) is 0 Å². The highest BCUT2D eigenvalue weighted by Crippen LogP contribution is 2.27. The summed E-state index contributed by atoms with van der Waals surface area (Å²) in [6, 6.07) is 8.37. The Kier molecular flexibility index (Phi) is 8.47. The number of hydrogen-bond acceptors (Lipinski definition) is 4. The van der Waals surface area contributed by atoms with Crippen LogP contribution >= 0.6 is 11.8 Å². The fourth-order valence-corrected chi connectivity index (χ4v) is 2.97. The van der Waals surface area contributed by atoms with Gasteiger partial charge in [0.05, 0.1) is 6.61 Å². The van der Waals surface area contributed by atoms with E-state index in [1.807, 2.05) is 19.9 Å². The second kappa shape index (κ2) is 9.85. The van der Waals surface area contributed by atoms with Crippen LogP contribution in [0, 0.1) is 5.92 Å². The number of hydrogen-bond donors (Lipinski definition) is 1. The van der Waals surface area contributed by atoms with Crippen molar-refractivity contribution in [2.75, 3.05) is 13.2 Å². The first-order valence-electron chi connectivity index (χ1n) is 7.69. The molecule has 0 saturated carbocycles. The fourth-order valence-electron chi connectivity index (χ4n) is 1.93. The van der Waals surface area contributed by atoms with E-state index >= 15 is 0 Å². The minimum Gasteiger partial charge on any atom is -0.465 e. The largest absolute Gasteiger partial charge is 0.465 e. The Morgan fingerprint density at radius 3 is 2.71 bits per heavy atom. The van der Waals surface area contributed by atoms with E-state index in [0.717, 1.165) is 24.4 Å². The van der Waals surface area contributed by atoms with Gasteiger partial charge in [0.25, 0.3) is 0 Å². The molecule has 0 radical (unpaired) electrons. The summed E-state index contributed by atoms with van der Waals surface area (Å²) in [5, 5.41) is 3.32. The molecule has 1 rings (SSSR count). The minimum atomic E-state index is -0.121. The Morgan fingerprint density at radius 2 is 2.10 bits per heavy atom. The van der Waals surface area contributed by atoms with Gasteiger partial charge in [0.15, 0.2) is 0 Å². The molecule has 0 bridgehead atoms. The third kappa shape index (κ3) is 7.00. The van der Waals surface area contributed by atoms with E-state index in [0.29, 0.717) is 12.5 Å². The second-order valence-corrected chi connectivity index (χ2v) is 6.72. The smallest absolute Gasteiger partial charge is 0.319 e. The van der Waals surface area contributed by atoms with Gasteiger partial charge in [-0.2, -0.15) is 0 Å². The van der Waals surface area contributed by atoms with E-state index in [4.69, 9.17) is 4.74 Å². The minimum absolute atomic E-state index is 0.117. The van der Waals surface area contributed by atoms with Crippen LogP contribution in [-0.4, -0.2) is 24.4 Å². The number of ether oxygens (including phenoxy) is 1. The Balaban J connectivity index is 2.60. The molecule has 1 N–H and O–H groups in total. The van der Waals surface area contributed by atoms with Gasteiger partial charge in [-0.3, -0.25) is 4.79 Å². The third-order valence-corrected chi connectivity index (χ3v) is 4.32. The summed E-state index contributed by atoms with van der Waals surface area (Å²) in [6.07, 6.45) is 0.777. The van der Waals surface area contributed by atoms with Crippen LogP contribution < -0.4 is 5.32 Å². The first-order chi connectivity index (χ1) is 10.1. The number of esters is 1. The highest BCUT2D eigenvalue weighted by Gasteiger charge is 2.18. The normalized spacial score (nSPS) is 12.4. The van der Waals surface area contributed by atoms with Gasteiger partial charge in [-0.05, 0) is 43.5 Å². The van der Waals surface area contributed by atoms with Crippen molar-refractivity contribution in [2.24, 2.45) is 5.92 Å². The molecule has 1 unspecified atom stereocenters. The molecule has 0 aliphatic carbocycles. The lowest BCUT2D eigenvalue weighted by atomic mass is 10.2. The lowest BCUT2D eigenvalue weighted by Crippen LogP contribution is -2.20. The van der Waals surface area contributed by atoms with Crippen molar-refractivity contribution in [3.8, 4) is 0 Å². The van der Waals surface area contributed by atoms with Crippen LogP contribution in [0.2, 0.25) is 0 Å². The first-order valence-corrected chi connectivity index (χ1v) is 8.57. The van der Waals surface area contributed by atoms with Crippen molar-refractivity contribution < 1.29 is 9.53 Å². The molecule has 0 spiro atoms. The number of rotatable bonds is 9. The Labute approximate surface area is 132 Å². The second-order valence-electron chi connectivity index (χ2n) is 5.44. The Hall–Kier alpha value is -1.00. The van der Waals surface area contributed by atoms with E-state index < -0.39 is 0 Å². The van der Waals surface area contributed by atoms with Gasteiger partial charge in [-0.25, -0.2) is 0 Å². The zero-order valence-electron chi connectivity index (χ0n) is 13.5. The molecule has 1 aromatic rings. The van der Waals surface area contributed by atoms with Crippen molar-refractivity contribution in [1.29, 1.82) is 0 Å². The molecule has 4 heteroatoms. The van der Waals surface area contributed by atoms with Crippen molar-refractivity contribution in [2.45, 2.75) is 50.8 Å². The van der Waals surface area contributed by atoms with Crippen LogP contribution in [0.5, 0.6) is 0 Å². The SMILES string of the molecule is CCOC(=O)C(CC)Sc1cccc(CNCC(C)C)c1. The van der Waals surface area contributed by atoms with E-state index in [9.17, 15) is 4.79 Å². The third-order valence-electron chi connectivity index (χ3n) is 2.98. The monoisotopic (exact) mass is 309 g/mol. The summed E-state index contributed by atoms with van der Waals surface area (Å²) >= 11 is 1.59. The Morgan fingerprint density at radius 1 is 1.33 bits per heavy atom. The van der Waals surface area contributed by atoms with E-state index in [1.165, 1.54) is 5.56 Å². The quantitative estimate of drug-likeness (QED) is 0.555. The van der Waals surface area contributed by atoms with Gasteiger partial charge in [0, 0.05) is 11.4 Å². The van der Waals surface area contributed by atoms with E-state index in [1.54, 1.807) is 11.8 Å². The predicted molar refractivity (Wildman–Crippen MR) is 89.6 cm³/mol. The van der Waals surface area contributed by atoms with Crippen molar-refractivity contribution in [3.05, 3.63) is 29.8 Å². The van der Waals surface area contributed by atoms with Crippen molar-refractivity contribution in [1.82, 2.24) is 5.32 Å². The Bertz CT molecular complexity index is 435. The van der Waals surface area contributed by atoms with Crippen molar-refractivity contribution >= 4 is 17.7 Å². The van der Waals surface area contributed by atoms with Gasteiger partial charge < -0.3 is 10.1 Å². The first kappa shape index (κ1) is 18.1. The van der Waals surface area contributed by atoms with Gasteiger partial charge in [-0.1, -0.05) is 32.9 Å². The highest BCUT2D eigenvalue weighted by molar-refractivity contribution is 8.00. The number of carbonyl (C=O) groups is 1. The van der Waals surface area contributed by atoms with Crippen LogP contribution in [0.25, 0.3) is 0 Å². The zero-order valence-corrected chi connectivity index (χ0v) is 14.3. The maximum absolute atomic E-state index is 11.9. The molecule has 118 valence electrons. The molecule has 0 heterocycles. The molecular weight excluding hydrogens is 282 g/mol. The lowest BCUT2D eigenvalue weighted by Gasteiger charge is -2.14. The molecule has 21 heavy (non-hydrogen) atoms. The topological polar surface area (TPSA) is 38.3 Å². The summed E-state index contributed by atoms with van der Waals surface area (Å²) in [5.41, 5.74) is 1.25. The van der Waals surface area contributed by atoms with Crippen LogP contribution in [-0.2, 0) is 16.1 Å². The molecule has 0 fully saturated rings. The average molecular weight is 309 g/mol. The number of nitrogens with one attached hydrogen (secondary N) is 1. The molecule has 1 aromatic carbocycles. The summed E-state index contributed by atoms with van der Waals surface area (Å²) in [4.78, 5) is 13.0. The highest BCUT2D eigenvalue weighted by atomic mass is 32.2. The maximum Gasteiger partial charge on any atom is 0.319 e. The van der Waals surface area contributed by atoms with Gasteiger partial charge in [-0.15, -0.1) is 11.8 Å². The molecule has 0 saturated heterocycles. The molecular formula is C17H27NO2S.